The van der Waals surface area contributed by atoms with Crippen molar-refractivity contribution in [2.75, 3.05) is 5.32 Å². The van der Waals surface area contributed by atoms with Gasteiger partial charge in [0.1, 0.15) is 4.88 Å². The number of rotatable bonds is 3. The predicted molar refractivity (Wildman–Crippen MR) is 84.7 cm³/mol. The number of nitrogens with one attached hydrogen (secondary N) is 1. The van der Waals surface area contributed by atoms with Crippen LogP contribution in [0.1, 0.15) is 43.8 Å². The Hall–Kier alpha value is -1.66. The van der Waals surface area contributed by atoms with Crippen LogP contribution in [0.3, 0.4) is 0 Å². The molecule has 4 nitrogen and oxygen atoms in total. The average molecular weight is 321 g/mol. The molecule has 1 atom stereocenters. The SMILES string of the molecule is CC1CCc2c(C(=O)Nc3ccc(C(=O)O)s3)csc2C1. The minimum Gasteiger partial charge on any atom is -0.477 e. The summed E-state index contributed by atoms with van der Waals surface area (Å²) in [5.74, 6) is -0.425. The zero-order valence-electron chi connectivity index (χ0n) is 11.5. The highest BCUT2D eigenvalue weighted by Gasteiger charge is 2.23. The molecule has 2 aromatic heterocycles. The molecule has 3 rings (SSSR count). The summed E-state index contributed by atoms with van der Waals surface area (Å²) in [6, 6.07) is 3.14. The van der Waals surface area contributed by atoms with Gasteiger partial charge in [0.2, 0.25) is 0 Å². The van der Waals surface area contributed by atoms with Gasteiger partial charge < -0.3 is 10.4 Å². The van der Waals surface area contributed by atoms with Gasteiger partial charge in [-0.25, -0.2) is 4.79 Å². The topological polar surface area (TPSA) is 66.4 Å². The van der Waals surface area contributed by atoms with E-state index >= 15 is 0 Å². The number of carbonyl (C=O) groups is 2. The van der Waals surface area contributed by atoms with Crippen molar-refractivity contribution in [3.63, 3.8) is 0 Å². The van der Waals surface area contributed by atoms with Crippen LogP contribution in [0.2, 0.25) is 0 Å². The molecule has 0 aromatic carbocycles. The number of carboxylic acids is 1. The molecule has 0 fully saturated rings. The van der Waals surface area contributed by atoms with Crippen LogP contribution in [0.15, 0.2) is 17.5 Å². The number of anilines is 1. The molecule has 110 valence electrons. The summed E-state index contributed by atoms with van der Waals surface area (Å²) < 4.78 is 0. The minimum atomic E-state index is -0.970. The van der Waals surface area contributed by atoms with Gasteiger partial charge in [-0.15, -0.1) is 22.7 Å². The number of hydrogen-bond acceptors (Lipinski definition) is 4. The maximum Gasteiger partial charge on any atom is 0.345 e. The number of carboxylic acid groups (broad SMARTS) is 1. The van der Waals surface area contributed by atoms with Gasteiger partial charge in [-0.2, -0.15) is 0 Å². The first kappa shape index (κ1) is 14.3. The second-order valence-corrected chi connectivity index (χ2v) is 7.37. The summed E-state index contributed by atoms with van der Waals surface area (Å²) in [5, 5.41) is 14.2. The summed E-state index contributed by atoms with van der Waals surface area (Å²) in [7, 11) is 0. The van der Waals surface area contributed by atoms with Gasteiger partial charge in [0.05, 0.1) is 10.6 Å². The third-order valence-corrected chi connectivity index (χ3v) is 5.74. The molecule has 2 N–H and O–H groups in total. The quantitative estimate of drug-likeness (QED) is 0.901. The largest absolute Gasteiger partial charge is 0.477 e. The van der Waals surface area contributed by atoms with Crippen molar-refractivity contribution in [1.29, 1.82) is 0 Å². The van der Waals surface area contributed by atoms with Gasteiger partial charge in [-0.1, -0.05) is 6.92 Å². The fraction of sp³-hybridized carbons (Fsp3) is 0.333. The molecule has 21 heavy (non-hydrogen) atoms. The van der Waals surface area contributed by atoms with E-state index in [1.54, 1.807) is 17.4 Å². The first-order valence-corrected chi connectivity index (χ1v) is 8.48. The molecular formula is C15H15NO3S2. The molecule has 1 aliphatic rings. The standard InChI is InChI=1S/C15H15NO3S2/c1-8-2-3-9-10(7-20-12(9)6-8)14(17)16-13-5-4-11(21-13)15(18)19/h4-5,7-8H,2-3,6H2,1H3,(H,16,17)(H,18,19). The van der Waals surface area contributed by atoms with Crippen LogP contribution in [0.25, 0.3) is 0 Å². The van der Waals surface area contributed by atoms with Gasteiger partial charge in [0, 0.05) is 10.3 Å². The molecule has 0 spiro atoms. The van der Waals surface area contributed by atoms with E-state index in [2.05, 4.69) is 12.2 Å². The molecule has 1 amide bonds. The summed E-state index contributed by atoms with van der Waals surface area (Å²) >= 11 is 2.73. The van der Waals surface area contributed by atoms with Crippen molar-refractivity contribution in [2.24, 2.45) is 5.92 Å². The van der Waals surface area contributed by atoms with E-state index in [1.165, 1.54) is 16.5 Å². The van der Waals surface area contributed by atoms with Crippen molar-refractivity contribution in [1.82, 2.24) is 0 Å². The van der Waals surface area contributed by atoms with Crippen LogP contribution in [0.5, 0.6) is 0 Å². The number of amides is 1. The van der Waals surface area contributed by atoms with Gasteiger partial charge in [-0.3, -0.25) is 4.79 Å². The van der Waals surface area contributed by atoms with Gasteiger partial charge in [0.25, 0.3) is 5.91 Å². The molecule has 0 aliphatic heterocycles. The maximum atomic E-state index is 12.4. The van der Waals surface area contributed by atoms with Crippen LogP contribution in [0, 0.1) is 5.92 Å². The zero-order valence-corrected chi connectivity index (χ0v) is 13.1. The predicted octanol–water partition coefficient (Wildman–Crippen LogP) is 3.88. The smallest absolute Gasteiger partial charge is 0.345 e. The van der Waals surface area contributed by atoms with Crippen molar-refractivity contribution < 1.29 is 14.7 Å². The third kappa shape index (κ3) is 2.87. The Balaban J connectivity index is 1.78. The lowest BCUT2D eigenvalue weighted by Crippen LogP contribution is -2.16. The van der Waals surface area contributed by atoms with E-state index in [0.717, 1.165) is 36.2 Å². The van der Waals surface area contributed by atoms with Crippen molar-refractivity contribution >= 4 is 39.6 Å². The van der Waals surface area contributed by atoms with Crippen molar-refractivity contribution in [3.8, 4) is 0 Å². The lowest BCUT2D eigenvalue weighted by molar-refractivity contribution is 0.0702. The molecule has 0 saturated heterocycles. The van der Waals surface area contributed by atoms with Crippen LogP contribution in [-0.4, -0.2) is 17.0 Å². The zero-order chi connectivity index (χ0) is 15.0. The number of carbonyl (C=O) groups excluding carboxylic acids is 1. The molecule has 0 bridgehead atoms. The fourth-order valence-electron chi connectivity index (χ4n) is 2.57. The van der Waals surface area contributed by atoms with Crippen molar-refractivity contribution in [3.05, 3.63) is 38.4 Å². The minimum absolute atomic E-state index is 0.138. The molecule has 1 unspecified atom stereocenters. The lowest BCUT2D eigenvalue weighted by atomic mass is 9.88. The van der Waals surface area contributed by atoms with E-state index in [9.17, 15) is 9.59 Å². The van der Waals surface area contributed by atoms with Gasteiger partial charge >= 0.3 is 5.97 Å². The van der Waals surface area contributed by atoms with E-state index in [1.807, 2.05) is 5.38 Å². The summed E-state index contributed by atoms with van der Waals surface area (Å²) in [5.41, 5.74) is 1.91. The van der Waals surface area contributed by atoms with Gasteiger partial charge in [0.15, 0.2) is 0 Å². The molecule has 6 heteroatoms. The lowest BCUT2D eigenvalue weighted by Gasteiger charge is -2.18. The highest BCUT2D eigenvalue weighted by Crippen LogP contribution is 2.33. The molecular weight excluding hydrogens is 306 g/mol. The molecule has 0 radical (unpaired) electrons. The fourth-order valence-corrected chi connectivity index (χ4v) is 4.55. The maximum absolute atomic E-state index is 12.4. The first-order valence-electron chi connectivity index (χ1n) is 6.78. The molecule has 2 heterocycles. The normalized spacial score (nSPS) is 17.3. The highest BCUT2D eigenvalue weighted by atomic mass is 32.1. The van der Waals surface area contributed by atoms with E-state index < -0.39 is 5.97 Å². The van der Waals surface area contributed by atoms with Crippen molar-refractivity contribution in [2.45, 2.75) is 26.2 Å². The van der Waals surface area contributed by atoms with E-state index in [0.29, 0.717) is 10.9 Å². The Labute approximate surface area is 130 Å². The van der Waals surface area contributed by atoms with Crippen LogP contribution in [0.4, 0.5) is 5.00 Å². The second-order valence-electron chi connectivity index (χ2n) is 5.32. The average Bonchev–Trinajstić information content (AvgIpc) is 3.04. The Morgan fingerprint density at radius 1 is 1.38 bits per heavy atom. The highest BCUT2D eigenvalue weighted by molar-refractivity contribution is 7.18. The Morgan fingerprint density at radius 3 is 2.90 bits per heavy atom. The summed E-state index contributed by atoms with van der Waals surface area (Å²) in [6.07, 6.45) is 3.12. The molecule has 0 saturated carbocycles. The Bertz CT molecular complexity index is 702. The number of thiophene rings is 2. The van der Waals surface area contributed by atoms with E-state index in [-0.39, 0.29) is 10.8 Å². The number of fused-ring (bicyclic) bond motifs is 1. The molecule has 2 aromatic rings. The Kier molecular flexibility index (Phi) is 3.82. The number of hydrogen-bond donors (Lipinski definition) is 2. The second kappa shape index (κ2) is 5.61. The van der Waals surface area contributed by atoms with Crippen LogP contribution in [-0.2, 0) is 12.8 Å². The first-order chi connectivity index (χ1) is 10.0. The van der Waals surface area contributed by atoms with Gasteiger partial charge in [-0.05, 0) is 42.9 Å². The molecule has 1 aliphatic carbocycles. The number of aromatic carboxylic acids is 1. The van der Waals surface area contributed by atoms with E-state index in [4.69, 9.17) is 5.11 Å². The summed E-state index contributed by atoms with van der Waals surface area (Å²) in [6.45, 7) is 2.24. The third-order valence-electron chi connectivity index (χ3n) is 3.70. The van der Waals surface area contributed by atoms with Crippen LogP contribution >= 0.6 is 22.7 Å². The van der Waals surface area contributed by atoms with Crippen LogP contribution < -0.4 is 5.32 Å². The Morgan fingerprint density at radius 2 is 2.19 bits per heavy atom. The summed E-state index contributed by atoms with van der Waals surface area (Å²) in [4.78, 5) is 24.8. The monoisotopic (exact) mass is 321 g/mol.